The Morgan fingerprint density at radius 1 is 1.00 bits per heavy atom. The molecule has 0 aliphatic carbocycles. The third-order valence-corrected chi connectivity index (χ3v) is 3.54. The summed E-state index contributed by atoms with van der Waals surface area (Å²) in [6, 6.07) is 13.3. The maximum absolute atomic E-state index is 11.5. The van der Waals surface area contributed by atoms with E-state index in [4.69, 9.17) is 5.11 Å². The van der Waals surface area contributed by atoms with Crippen molar-refractivity contribution in [3.63, 3.8) is 0 Å². The second kappa shape index (κ2) is 5.96. The standard InChI is InChI=1S/C17H13N3O4/c1-10-5-7-11(8-6-10)15-14(17(23)24)18-19-20(15)13-4-2-3-12(9-13)16(21)22/h2-9H,1H3,(H,21,22)(H,23,24). The van der Waals surface area contributed by atoms with E-state index in [1.54, 1.807) is 24.3 Å². The van der Waals surface area contributed by atoms with Crippen LogP contribution in [0.4, 0.5) is 0 Å². The molecule has 24 heavy (non-hydrogen) atoms. The number of carboxylic acids is 2. The SMILES string of the molecule is Cc1ccc(-c2c(C(=O)O)nnn2-c2cccc(C(=O)O)c2)cc1. The molecular formula is C17H13N3O4. The average molecular weight is 323 g/mol. The van der Waals surface area contributed by atoms with Gasteiger partial charge in [-0.25, -0.2) is 14.3 Å². The molecule has 0 saturated heterocycles. The van der Waals surface area contributed by atoms with Gasteiger partial charge in [0, 0.05) is 5.56 Å². The minimum Gasteiger partial charge on any atom is -0.478 e. The molecule has 0 aliphatic rings. The first-order valence-corrected chi connectivity index (χ1v) is 7.07. The van der Waals surface area contributed by atoms with Gasteiger partial charge in [0.05, 0.1) is 11.3 Å². The highest BCUT2D eigenvalue weighted by Crippen LogP contribution is 2.26. The molecule has 7 heteroatoms. The van der Waals surface area contributed by atoms with Crippen molar-refractivity contribution in [2.45, 2.75) is 6.92 Å². The summed E-state index contributed by atoms with van der Waals surface area (Å²) in [4.78, 5) is 22.6. The molecular weight excluding hydrogens is 310 g/mol. The number of hydrogen-bond acceptors (Lipinski definition) is 4. The Hall–Kier alpha value is -3.48. The third-order valence-electron chi connectivity index (χ3n) is 3.54. The van der Waals surface area contributed by atoms with Crippen LogP contribution in [-0.2, 0) is 0 Å². The number of aromatic nitrogens is 3. The zero-order valence-corrected chi connectivity index (χ0v) is 12.7. The van der Waals surface area contributed by atoms with E-state index < -0.39 is 11.9 Å². The molecule has 0 spiro atoms. The Labute approximate surface area is 136 Å². The van der Waals surface area contributed by atoms with E-state index in [0.717, 1.165) is 5.56 Å². The van der Waals surface area contributed by atoms with E-state index in [1.165, 1.54) is 16.8 Å². The summed E-state index contributed by atoms with van der Waals surface area (Å²) in [6.45, 7) is 1.92. The molecule has 0 saturated carbocycles. The topological polar surface area (TPSA) is 105 Å². The monoisotopic (exact) mass is 323 g/mol. The molecule has 0 aliphatic heterocycles. The van der Waals surface area contributed by atoms with Crippen molar-refractivity contribution in [1.29, 1.82) is 0 Å². The summed E-state index contributed by atoms with van der Waals surface area (Å²) in [6.07, 6.45) is 0. The number of hydrogen-bond donors (Lipinski definition) is 2. The molecule has 0 amide bonds. The van der Waals surface area contributed by atoms with Gasteiger partial charge in [0.15, 0.2) is 5.69 Å². The number of carboxylic acid groups (broad SMARTS) is 2. The summed E-state index contributed by atoms with van der Waals surface area (Å²) < 4.78 is 1.33. The summed E-state index contributed by atoms with van der Waals surface area (Å²) in [5.41, 5.74) is 2.26. The molecule has 3 rings (SSSR count). The summed E-state index contributed by atoms with van der Waals surface area (Å²) >= 11 is 0. The van der Waals surface area contributed by atoms with Gasteiger partial charge in [0.1, 0.15) is 5.69 Å². The zero-order chi connectivity index (χ0) is 17.3. The molecule has 0 radical (unpaired) electrons. The lowest BCUT2D eigenvalue weighted by Gasteiger charge is -2.08. The van der Waals surface area contributed by atoms with E-state index >= 15 is 0 Å². The fourth-order valence-corrected chi connectivity index (χ4v) is 2.35. The van der Waals surface area contributed by atoms with Gasteiger partial charge < -0.3 is 10.2 Å². The molecule has 2 N–H and O–H groups in total. The van der Waals surface area contributed by atoms with E-state index in [-0.39, 0.29) is 11.3 Å². The Morgan fingerprint density at radius 3 is 2.33 bits per heavy atom. The van der Waals surface area contributed by atoms with Crippen LogP contribution in [0.15, 0.2) is 48.5 Å². The van der Waals surface area contributed by atoms with E-state index in [9.17, 15) is 14.7 Å². The third kappa shape index (κ3) is 2.74. The number of benzene rings is 2. The lowest BCUT2D eigenvalue weighted by atomic mass is 10.1. The van der Waals surface area contributed by atoms with Crippen molar-refractivity contribution < 1.29 is 19.8 Å². The first-order chi connectivity index (χ1) is 11.5. The first kappa shape index (κ1) is 15.4. The van der Waals surface area contributed by atoms with Crippen LogP contribution in [0.2, 0.25) is 0 Å². The van der Waals surface area contributed by atoms with Gasteiger partial charge in [0.25, 0.3) is 0 Å². The molecule has 0 unspecified atom stereocenters. The molecule has 1 heterocycles. The highest BCUT2D eigenvalue weighted by molar-refractivity contribution is 5.93. The zero-order valence-electron chi connectivity index (χ0n) is 12.7. The van der Waals surface area contributed by atoms with E-state index in [0.29, 0.717) is 16.9 Å². The van der Waals surface area contributed by atoms with Crippen molar-refractivity contribution in [3.05, 3.63) is 65.4 Å². The van der Waals surface area contributed by atoms with Gasteiger partial charge in [-0.3, -0.25) is 0 Å². The molecule has 1 aromatic heterocycles. The smallest absolute Gasteiger partial charge is 0.358 e. The number of nitrogens with zero attached hydrogens (tertiary/aromatic N) is 3. The number of aryl methyl sites for hydroxylation is 1. The van der Waals surface area contributed by atoms with Crippen molar-refractivity contribution in [3.8, 4) is 16.9 Å². The highest BCUT2D eigenvalue weighted by Gasteiger charge is 2.21. The summed E-state index contributed by atoms with van der Waals surface area (Å²) in [5.74, 6) is -2.28. The van der Waals surface area contributed by atoms with Crippen LogP contribution >= 0.6 is 0 Å². The number of aromatic carboxylic acids is 2. The summed E-state index contributed by atoms with van der Waals surface area (Å²) in [7, 11) is 0. The molecule has 120 valence electrons. The van der Waals surface area contributed by atoms with Crippen molar-refractivity contribution in [2.24, 2.45) is 0 Å². The van der Waals surface area contributed by atoms with Crippen molar-refractivity contribution in [1.82, 2.24) is 15.0 Å². The van der Waals surface area contributed by atoms with Gasteiger partial charge >= 0.3 is 11.9 Å². The maximum atomic E-state index is 11.5. The first-order valence-electron chi connectivity index (χ1n) is 7.07. The van der Waals surface area contributed by atoms with Gasteiger partial charge in [-0.2, -0.15) is 0 Å². The van der Waals surface area contributed by atoms with E-state index in [1.807, 2.05) is 19.1 Å². The Morgan fingerprint density at radius 2 is 1.71 bits per heavy atom. The molecule has 3 aromatic rings. The molecule has 2 aromatic carbocycles. The van der Waals surface area contributed by atoms with Gasteiger partial charge in [-0.1, -0.05) is 41.1 Å². The minimum atomic E-state index is -1.20. The molecule has 0 atom stereocenters. The van der Waals surface area contributed by atoms with E-state index in [2.05, 4.69) is 10.3 Å². The Kier molecular flexibility index (Phi) is 3.83. The average Bonchev–Trinajstić information content (AvgIpc) is 3.01. The normalized spacial score (nSPS) is 10.5. The fraction of sp³-hybridized carbons (Fsp3) is 0.0588. The van der Waals surface area contributed by atoms with Crippen LogP contribution in [-0.4, -0.2) is 37.1 Å². The molecule has 0 fully saturated rings. The van der Waals surface area contributed by atoms with Crippen molar-refractivity contribution in [2.75, 3.05) is 0 Å². The van der Waals surface area contributed by atoms with Gasteiger partial charge in [-0.15, -0.1) is 5.10 Å². The number of rotatable bonds is 4. The van der Waals surface area contributed by atoms with Crippen LogP contribution < -0.4 is 0 Å². The van der Waals surface area contributed by atoms with Crippen LogP contribution in [0.5, 0.6) is 0 Å². The minimum absolute atomic E-state index is 0.0785. The largest absolute Gasteiger partial charge is 0.478 e. The summed E-state index contributed by atoms with van der Waals surface area (Å²) in [5, 5.41) is 26.1. The molecule has 7 nitrogen and oxygen atoms in total. The lowest BCUT2D eigenvalue weighted by Crippen LogP contribution is -2.04. The van der Waals surface area contributed by atoms with Crippen molar-refractivity contribution >= 4 is 11.9 Å². The Balaban J connectivity index is 2.22. The fourth-order valence-electron chi connectivity index (χ4n) is 2.35. The highest BCUT2D eigenvalue weighted by atomic mass is 16.4. The predicted octanol–water partition coefficient (Wildman–Crippen LogP) is 2.64. The second-order valence-electron chi connectivity index (χ2n) is 5.23. The number of carbonyl (C=O) groups is 2. The van der Waals surface area contributed by atoms with Crippen LogP contribution in [0.25, 0.3) is 16.9 Å². The predicted molar refractivity (Wildman–Crippen MR) is 85.5 cm³/mol. The van der Waals surface area contributed by atoms with Crippen LogP contribution in [0.3, 0.4) is 0 Å². The maximum Gasteiger partial charge on any atom is 0.358 e. The van der Waals surface area contributed by atoms with Crippen LogP contribution in [0, 0.1) is 6.92 Å². The van der Waals surface area contributed by atoms with Gasteiger partial charge in [-0.05, 0) is 25.1 Å². The quantitative estimate of drug-likeness (QED) is 0.764. The second-order valence-corrected chi connectivity index (χ2v) is 5.23. The lowest BCUT2D eigenvalue weighted by molar-refractivity contribution is 0.0683. The Bertz CT molecular complexity index is 929. The van der Waals surface area contributed by atoms with Crippen LogP contribution in [0.1, 0.15) is 26.4 Å². The van der Waals surface area contributed by atoms with Gasteiger partial charge in [0.2, 0.25) is 0 Å². The molecule has 0 bridgehead atoms.